The predicted molar refractivity (Wildman–Crippen MR) is 97.5 cm³/mol. The molecular weight excluding hydrogens is 338 g/mol. The Bertz CT molecular complexity index is 606. The predicted octanol–water partition coefficient (Wildman–Crippen LogP) is 1.25. The summed E-state index contributed by atoms with van der Waals surface area (Å²) >= 11 is 0. The van der Waals surface area contributed by atoms with Crippen molar-refractivity contribution in [1.82, 2.24) is 10.2 Å². The molecule has 0 saturated carbocycles. The number of piperazine rings is 1. The second kappa shape index (κ2) is 8.95. The molecule has 8 nitrogen and oxygen atoms in total. The van der Waals surface area contributed by atoms with Crippen molar-refractivity contribution in [2.45, 2.75) is 12.5 Å². The van der Waals surface area contributed by atoms with Crippen molar-refractivity contribution < 1.29 is 24.1 Å². The van der Waals surface area contributed by atoms with E-state index in [0.29, 0.717) is 37.7 Å². The lowest BCUT2D eigenvalue weighted by Crippen LogP contribution is -2.52. The summed E-state index contributed by atoms with van der Waals surface area (Å²) in [6.45, 7) is 5.42. The van der Waals surface area contributed by atoms with Gasteiger partial charge in [0.15, 0.2) is 11.5 Å². The molecular formula is C18H27N3O5. The zero-order chi connectivity index (χ0) is 18.4. The number of hydrogen-bond donors (Lipinski definition) is 2. The van der Waals surface area contributed by atoms with Gasteiger partial charge >= 0.3 is 6.09 Å². The molecule has 1 atom stereocenters. The number of nitrogens with zero attached hydrogens (tertiary/aromatic N) is 2. The molecule has 2 heterocycles. The van der Waals surface area contributed by atoms with E-state index >= 15 is 0 Å². The fourth-order valence-corrected chi connectivity index (χ4v) is 3.30. The average molecular weight is 365 g/mol. The van der Waals surface area contributed by atoms with Crippen LogP contribution in [0.2, 0.25) is 0 Å². The molecule has 2 aliphatic heterocycles. The quantitative estimate of drug-likeness (QED) is 0.785. The maximum Gasteiger partial charge on any atom is 0.407 e. The van der Waals surface area contributed by atoms with E-state index in [4.69, 9.17) is 19.3 Å². The SMILES string of the molecule is COc1cc(N2CCOCC2)ccc1OCCC1CN(C(=O)O)CCN1. The Balaban J connectivity index is 1.53. The van der Waals surface area contributed by atoms with Gasteiger partial charge in [-0.25, -0.2) is 4.79 Å². The number of rotatable bonds is 6. The van der Waals surface area contributed by atoms with Crippen molar-refractivity contribution in [2.24, 2.45) is 0 Å². The van der Waals surface area contributed by atoms with E-state index in [1.54, 1.807) is 7.11 Å². The van der Waals surface area contributed by atoms with Crippen LogP contribution in [0, 0.1) is 0 Å². The Morgan fingerprint density at radius 2 is 2.12 bits per heavy atom. The first-order valence-electron chi connectivity index (χ1n) is 9.02. The van der Waals surface area contributed by atoms with E-state index in [1.807, 2.05) is 18.2 Å². The molecule has 2 fully saturated rings. The highest BCUT2D eigenvalue weighted by Gasteiger charge is 2.22. The van der Waals surface area contributed by atoms with Gasteiger partial charge in [0.1, 0.15) is 0 Å². The van der Waals surface area contributed by atoms with Crippen molar-refractivity contribution in [3.63, 3.8) is 0 Å². The first-order valence-corrected chi connectivity index (χ1v) is 9.02. The van der Waals surface area contributed by atoms with Gasteiger partial charge < -0.3 is 34.4 Å². The molecule has 0 bridgehead atoms. The van der Waals surface area contributed by atoms with Crippen molar-refractivity contribution in [3.05, 3.63) is 18.2 Å². The van der Waals surface area contributed by atoms with Gasteiger partial charge in [0.25, 0.3) is 0 Å². The Morgan fingerprint density at radius 1 is 1.31 bits per heavy atom. The topological polar surface area (TPSA) is 83.5 Å². The van der Waals surface area contributed by atoms with Gasteiger partial charge in [-0.2, -0.15) is 0 Å². The minimum Gasteiger partial charge on any atom is -0.493 e. The summed E-state index contributed by atoms with van der Waals surface area (Å²) in [7, 11) is 1.64. The average Bonchev–Trinajstić information content (AvgIpc) is 2.69. The van der Waals surface area contributed by atoms with E-state index in [0.717, 1.165) is 38.4 Å². The number of anilines is 1. The second-order valence-corrected chi connectivity index (χ2v) is 6.45. The monoisotopic (exact) mass is 365 g/mol. The molecule has 1 aromatic rings. The van der Waals surface area contributed by atoms with Crippen LogP contribution in [0.25, 0.3) is 0 Å². The van der Waals surface area contributed by atoms with E-state index < -0.39 is 6.09 Å². The van der Waals surface area contributed by atoms with Gasteiger partial charge in [0.2, 0.25) is 0 Å². The van der Waals surface area contributed by atoms with Gasteiger partial charge in [-0.05, 0) is 18.6 Å². The van der Waals surface area contributed by atoms with E-state index in [9.17, 15) is 4.79 Å². The van der Waals surface area contributed by atoms with Crippen LogP contribution in [0.15, 0.2) is 18.2 Å². The molecule has 26 heavy (non-hydrogen) atoms. The first-order chi connectivity index (χ1) is 12.7. The van der Waals surface area contributed by atoms with Gasteiger partial charge in [0, 0.05) is 50.5 Å². The number of carbonyl (C=O) groups is 1. The molecule has 1 amide bonds. The van der Waals surface area contributed by atoms with Crippen LogP contribution in [-0.2, 0) is 4.74 Å². The summed E-state index contributed by atoms with van der Waals surface area (Å²) in [5.41, 5.74) is 1.10. The van der Waals surface area contributed by atoms with Gasteiger partial charge in [0.05, 0.1) is 26.9 Å². The number of methoxy groups -OCH3 is 1. The lowest BCUT2D eigenvalue weighted by Gasteiger charge is -2.31. The minimum absolute atomic E-state index is 0.110. The van der Waals surface area contributed by atoms with Crippen LogP contribution in [-0.4, -0.2) is 81.8 Å². The summed E-state index contributed by atoms with van der Waals surface area (Å²) in [5.74, 6) is 1.41. The summed E-state index contributed by atoms with van der Waals surface area (Å²) < 4.78 is 16.8. The number of carboxylic acid groups (broad SMARTS) is 1. The maximum absolute atomic E-state index is 11.1. The summed E-state index contributed by atoms with van der Waals surface area (Å²) in [5, 5.41) is 12.4. The number of amides is 1. The van der Waals surface area contributed by atoms with Gasteiger partial charge in [-0.15, -0.1) is 0 Å². The highest BCUT2D eigenvalue weighted by atomic mass is 16.5. The highest BCUT2D eigenvalue weighted by molar-refractivity contribution is 5.65. The van der Waals surface area contributed by atoms with E-state index in [2.05, 4.69) is 10.2 Å². The van der Waals surface area contributed by atoms with E-state index in [1.165, 1.54) is 4.90 Å². The van der Waals surface area contributed by atoms with Crippen LogP contribution < -0.4 is 19.7 Å². The highest BCUT2D eigenvalue weighted by Crippen LogP contribution is 2.32. The number of ether oxygens (including phenoxy) is 3. The third-order valence-electron chi connectivity index (χ3n) is 4.77. The maximum atomic E-state index is 11.1. The summed E-state index contributed by atoms with van der Waals surface area (Å²) in [4.78, 5) is 14.8. The standard InChI is InChI=1S/C18H27N3O5/c1-24-17-12-15(20-7-10-25-11-8-20)2-3-16(17)26-9-4-14-13-21(18(22)23)6-5-19-14/h2-3,12,14,19H,4-11,13H2,1H3,(H,22,23). The summed E-state index contributed by atoms with van der Waals surface area (Å²) in [6, 6.07) is 6.07. The van der Waals surface area contributed by atoms with Crippen LogP contribution in [0.3, 0.4) is 0 Å². The van der Waals surface area contributed by atoms with Gasteiger partial charge in [-0.3, -0.25) is 0 Å². The third kappa shape index (κ3) is 4.70. The van der Waals surface area contributed by atoms with Crippen molar-refractivity contribution >= 4 is 11.8 Å². The Hall–Kier alpha value is -2.19. The number of nitrogens with one attached hydrogen (secondary N) is 1. The van der Waals surface area contributed by atoms with Crippen molar-refractivity contribution in [3.8, 4) is 11.5 Å². The first kappa shape index (κ1) is 18.6. The van der Waals surface area contributed by atoms with E-state index in [-0.39, 0.29) is 6.04 Å². The third-order valence-corrected chi connectivity index (χ3v) is 4.77. The van der Waals surface area contributed by atoms with Crippen LogP contribution in [0.1, 0.15) is 6.42 Å². The molecule has 144 valence electrons. The van der Waals surface area contributed by atoms with Crippen LogP contribution in [0.4, 0.5) is 10.5 Å². The molecule has 1 unspecified atom stereocenters. The Labute approximate surface area is 153 Å². The molecule has 0 aromatic heterocycles. The lowest BCUT2D eigenvalue weighted by molar-refractivity contribution is 0.122. The molecule has 8 heteroatoms. The zero-order valence-electron chi connectivity index (χ0n) is 15.1. The smallest absolute Gasteiger partial charge is 0.407 e. The minimum atomic E-state index is -0.863. The van der Waals surface area contributed by atoms with Crippen molar-refractivity contribution in [2.75, 3.05) is 64.6 Å². The zero-order valence-corrected chi connectivity index (χ0v) is 15.1. The molecule has 0 aliphatic carbocycles. The van der Waals surface area contributed by atoms with Crippen molar-refractivity contribution in [1.29, 1.82) is 0 Å². The molecule has 2 N–H and O–H groups in total. The Morgan fingerprint density at radius 3 is 2.85 bits per heavy atom. The molecule has 0 radical (unpaired) electrons. The number of hydrogen-bond acceptors (Lipinski definition) is 6. The molecule has 2 aliphatic rings. The van der Waals surface area contributed by atoms with Crippen LogP contribution in [0.5, 0.6) is 11.5 Å². The number of morpholine rings is 1. The fourth-order valence-electron chi connectivity index (χ4n) is 3.30. The molecule has 3 rings (SSSR count). The lowest BCUT2D eigenvalue weighted by atomic mass is 10.1. The van der Waals surface area contributed by atoms with Crippen LogP contribution >= 0.6 is 0 Å². The second-order valence-electron chi connectivity index (χ2n) is 6.45. The largest absolute Gasteiger partial charge is 0.493 e. The molecule has 1 aromatic carbocycles. The Kier molecular flexibility index (Phi) is 6.40. The fraction of sp³-hybridized carbons (Fsp3) is 0.611. The summed E-state index contributed by atoms with van der Waals surface area (Å²) in [6.07, 6.45) is -0.129. The normalized spacial score (nSPS) is 20.7. The molecule has 2 saturated heterocycles. The number of benzene rings is 1. The van der Waals surface area contributed by atoms with Gasteiger partial charge in [-0.1, -0.05) is 0 Å². The molecule has 0 spiro atoms.